The summed E-state index contributed by atoms with van der Waals surface area (Å²) in [6.07, 6.45) is 10.5. The molecule has 8 rings (SSSR count). The van der Waals surface area contributed by atoms with Crippen molar-refractivity contribution in [3.8, 4) is 33.8 Å². The highest BCUT2D eigenvalue weighted by atomic mass is 16.5. The van der Waals surface area contributed by atoms with E-state index in [9.17, 15) is 0 Å². The van der Waals surface area contributed by atoms with Crippen LogP contribution in [0.25, 0.3) is 43.8 Å². The van der Waals surface area contributed by atoms with Crippen molar-refractivity contribution in [3.63, 3.8) is 0 Å². The van der Waals surface area contributed by atoms with Gasteiger partial charge in [0, 0.05) is 17.5 Å². The molecular formula is C48H50O2. The Morgan fingerprint density at radius 3 is 1.94 bits per heavy atom. The van der Waals surface area contributed by atoms with E-state index in [2.05, 4.69) is 138 Å². The standard InChI is InChI=1S/C48H50O2/c1-47(2,3)49-43-28-27-36-25-24-32(30-42(36)46(43)41-23-13-18-34-15-7-10-20-38(34)41)31-48(4,5)50-44-29-26-35-16-8-11-21-39(35)45(44)40-22-12-17-33-14-6-9-19-37(33)40/h7,10,12-13,15,17-18,20,22-30H,6,8-9,11,14,16,19,21,31H2,1-5H3. The molecule has 0 saturated carbocycles. The third kappa shape index (κ3) is 6.41. The summed E-state index contributed by atoms with van der Waals surface area (Å²) in [6, 6.07) is 38.2. The van der Waals surface area contributed by atoms with E-state index in [-0.39, 0.29) is 5.60 Å². The summed E-state index contributed by atoms with van der Waals surface area (Å²) in [5.74, 6) is 1.95. The average Bonchev–Trinajstić information content (AvgIpc) is 3.10. The highest BCUT2D eigenvalue weighted by Gasteiger charge is 2.28. The van der Waals surface area contributed by atoms with Gasteiger partial charge in [0.25, 0.3) is 0 Å². The van der Waals surface area contributed by atoms with Gasteiger partial charge in [-0.05, 0) is 159 Å². The number of rotatable bonds is 7. The zero-order chi connectivity index (χ0) is 34.5. The predicted octanol–water partition coefficient (Wildman–Crippen LogP) is 12.7. The first-order valence-corrected chi connectivity index (χ1v) is 18.8. The van der Waals surface area contributed by atoms with Gasteiger partial charge < -0.3 is 9.47 Å². The Balaban J connectivity index is 1.21. The molecule has 2 aliphatic rings. The van der Waals surface area contributed by atoms with Gasteiger partial charge in [0.05, 0.1) is 0 Å². The first kappa shape index (κ1) is 32.6. The summed E-state index contributed by atoms with van der Waals surface area (Å²) >= 11 is 0. The van der Waals surface area contributed by atoms with Gasteiger partial charge in [0.15, 0.2) is 0 Å². The largest absolute Gasteiger partial charge is 0.487 e. The lowest BCUT2D eigenvalue weighted by atomic mass is 9.80. The van der Waals surface area contributed by atoms with Gasteiger partial charge in [-0.3, -0.25) is 0 Å². The van der Waals surface area contributed by atoms with E-state index in [1.807, 2.05) is 0 Å². The fourth-order valence-electron chi connectivity index (χ4n) is 8.62. The fourth-order valence-corrected chi connectivity index (χ4v) is 8.62. The Morgan fingerprint density at radius 1 is 0.500 bits per heavy atom. The summed E-state index contributed by atoms with van der Waals surface area (Å²) in [5.41, 5.74) is 11.7. The summed E-state index contributed by atoms with van der Waals surface area (Å²) in [6.45, 7) is 10.9. The quantitative estimate of drug-likeness (QED) is 0.170. The number of aryl methyl sites for hydroxylation is 2. The summed E-state index contributed by atoms with van der Waals surface area (Å²) in [4.78, 5) is 0. The Labute approximate surface area is 298 Å². The second-order valence-corrected chi connectivity index (χ2v) is 16.2. The van der Waals surface area contributed by atoms with E-state index < -0.39 is 5.60 Å². The smallest absolute Gasteiger partial charge is 0.128 e. The van der Waals surface area contributed by atoms with Crippen molar-refractivity contribution in [2.75, 3.05) is 0 Å². The Kier molecular flexibility index (Phi) is 8.46. The molecule has 0 saturated heterocycles. The zero-order valence-electron chi connectivity index (χ0n) is 30.5. The zero-order valence-corrected chi connectivity index (χ0v) is 30.5. The number of ether oxygens (including phenoxy) is 2. The third-order valence-electron chi connectivity index (χ3n) is 10.7. The second kappa shape index (κ2) is 13.0. The molecule has 2 nitrogen and oxygen atoms in total. The first-order chi connectivity index (χ1) is 24.1. The molecule has 0 aliphatic heterocycles. The van der Waals surface area contributed by atoms with Crippen LogP contribution >= 0.6 is 0 Å². The van der Waals surface area contributed by atoms with Gasteiger partial charge in [0.1, 0.15) is 22.7 Å². The van der Waals surface area contributed by atoms with Crippen molar-refractivity contribution < 1.29 is 9.47 Å². The van der Waals surface area contributed by atoms with Crippen molar-refractivity contribution in [2.45, 2.75) is 104 Å². The van der Waals surface area contributed by atoms with Crippen molar-refractivity contribution in [1.82, 2.24) is 0 Å². The lowest BCUT2D eigenvalue weighted by Gasteiger charge is -2.31. The first-order valence-electron chi connectivity index (χ1n) is 18.8. The highest BCUT2D eigenvalue weighted by molar-refractivity contribution is 6.07. The molecule has 50 heavy (non-hydrogen) atoms. The van der Waals surface area contributed by atoms with E-state index in [1.165, 1.54) is 92.6 Å². The van der Waals surface area contributed by atoms with E-state index in [1.54, 1.807) is 5.56 Å². The molecule has 2 aliphatic carbocycles. The maximum Gasteiger partial charge on any atom is 0.128 e. The molecule has 6 aromatic carbocycles. The predicted molar refractivity (Wildman–Crippen MR) is 211 cm³/mol. The van der Waals surface area contributed by atoms with E-state index in [0.717, 1.165) is 42.7 Å². The minimum absolute atomic E-state index is 0.328. The van der Waals surface area contributed by atoms with Crippen molar-refractivity contribution >= 4 is 21.5 Å². The van der Waals surface area contributed by atoms with Crippen LogP contribution in [0.1, 0.15) is 88.1 Å². The topological polar surface area (TPSA) is 18.5 Å². The van der Waals surface area contributed by atoms with Gasteiger partial charge in [-0.15, -0.1) is 0 Å². The van der Waals surface area contributed by atoms with Crippen LogP contribution in [0.3, 0.4) is 0 Å². The lowest BCUT2D eigenvalue weighted by Crippen LogP contribution is -2.31. The van der Waals surface area contributed by atoms with Crippen LogP contribution in [0.2, 0.25) is 0 Å². The summed E-state index contributed by atoms with van der Waals surface area (Å²) < 4.78 is 13.9. The molecule has 6 aromatic rings. The van der Waals surface area contributed by atoms with Crippen LogP contribution in [-0.2, 0) is 32.1 Å². The van der Waals surface area contributed by atoms with Crippen LogP contribution in [0.4, 0.5) is 0 Å². The molecule has 2 heteroatoms. The molecule has 0 unspecified atom stereocenters. The number of hydrogen-bond acceptors (Lipinski definition) is 2. The van der Waals surface area contributed by atoms with Crippen molar-refractivity contribution in [1.29, 1.82) is 0 Å². The van der Waals surface area contributed by atoms with Crippen LogP contribution in [-0.4, -0.2) is 11.2 Å². The lowest BCUT2D eigenvalue weighted by molar-refractivity contribution is 0.110. The number of hydrogen-bond donors (Lipinski definition) is 0. The maximum atomic E-state index is 7.20. The number of benzene rings is 6. The molecule has 0 atom stereocenters. The van der Waals surface area contributed by atoms with Gasteiger partial charge in [-0.1, -0.05) is 91.0 Å². The average molecular weight is 659 g/mol. The fraction of sp³-hybridized carbons (Fsp3) is 0.333. The Hall–Kier alpha value is -4.56. The van der Waals surface area contributed by atoms with Crippen LogP contribution in [0.5, 0.6) is 11.5 Å². The molecule has 0 radical (unpaired) electrons. The van der Waals surface area contributed by atoms with E-state index >= 15 is 0 Å². The monoisotopic (exact) mass is 658 g/mol. The third-order valence-corrected chi connectivity index (χ3v) is 10.7. The van der Waals surface area contributed by atoms with E-state index in [4.69, 9.17) is 9.47 Å². The van der Waals surface area contributed by atoms with Gasteiger partial charge in [-0.2, -0.15) is 0 Å². The molecule has 0 spiro atoms. The molecule has 0 amide bonds. The SMILES string of the molecule is CC(C)(C)Oc1ccc2ccc(CC(C)(C)Oc3ccc4c(c3-c3cccc5c3CCCC5)CCCC4)cc2c1-c1cccc2ccccc12. The number of fused-ring (bicyclic) bond motifs is 4. The maximum absolute atomic E-state index is 7.20. The van der Waals surface area contributed by atoms with E-state index in [0.29, 0.717) is 0 Å². The molecule has 0 N–H and O–H groups in total. The molecule has 0 bridgehead atoms. The summed E-state index contributed by atoms with van der Waals surface area (Å²) in [5, 5.41) is 4.89. The molecule has 254 valence electrons. The second-order valence-electron chi connectivity index (χ2n) is 16.2. The molecule has 0 aromatic heterocycles. The van der Waals surface area contributed by atoms with Crippen molar-refractivity contribution in [3.05, 3.63) is 131 Å². The molecule has 0 heterocycles. The van der Waals surface area contributed by atoms with Gasteiger partial charge in [-0.25, -0.2) is 0 Å². The van der Waals surface area contributed by atoms with Crippen LogP contribution < -0.4 is 9.47 Å². The Morgan fingerprint density at radius 2 is 1.12 bits per heavy atom. The minimum Gasteiger partial charge on any atom is -0.487 e. The normalized spacial score (nSPS) is 14.7. The van der Waals surface area contributed by atoms with Crippen LogP contribution in [0, 0.1) is 0 Å². The van der Waals surface area contributed by atoms with Gasteiger partial charge >= 0.3 is 0 Å². The summed E-state index contributed by atoms with van der Waals surface area (Å²) in [7, 11) is 0. The van der Waals surface area contributed by atoms with Gasteiger partial charge in [0.2, 0.25) is 0 Å². The van der Waals surface area contributed by atoms with Crippen LogP contribution in [0.15, 0.2) is 103 Å². The molecule has 0 fully saturated rings. The molecular weight excluding hydrogens is 609 g/mol. The van der Waals surface area contributed by atoms with Crippen molar-refractivity contribution in [2.24, 2.45) is 0 Å². The minimum atomic E-state index is -0.431. The highest BCUT2D eigenvalue weighted by Crippen LogP contribution is 2.45. The Bertz CT molecular complexity index is 2210.